The Bertz CT molecular complexity index is 2590. The van der Waals surface area contributed by atoms with Crippen LogP contribution in [0.3, 0.4) is 0 Å². The lowest BCUT2D eigenvalue weighted by Gasteiger charge is -2.35. The number of nitrogens with zero attached hydrogens (tertiary/aromatic N) is 5. The van der Waals surface area contributed by atoms with Gasteiger partial charge in [-0.15, -0.1) is 11.3 Å². The van der Waals surface area contributed by atoms with E-state index in [-0.39, 0.29) is 35.8 Å². The molecule has 1 aromatic heterocycles. The number of carbonyl (C=O) groups is 4. The Morgan fingerprint density at radius 1 is 0.986 bits per heavy atom. The van der Waals surface area contributed by atoms with Crippen LogP contribution in [-0.2, 0) is 41.4 Å². The molecule has 0 bridgehead atoms. The number of ether oxygens (including phenoxy) is 3. The summed E-state index contributed by atoms with van der Waals surface area (Å²) in [5.74, 6) is -0.912. The average Bonchev–Trinajstić information content (AvgIpc) is 4.03. The maximum Gasteiger partial charge on any atom is 0.417 e. The van der Waals surface area contributed by atoms with Gasteiger partial charge < -0.3 is 34.6 Å². The quantitative estimate of drug-likeness (QED) is 0.0495. The van der Waals surface area contributed by atoms with Gasteiger partial charge in [0.05, 0.1) is 58.8 Å². The van der Waals surface area contributed by atoms with E-state index in [1.807, 2.05) is 57.5 Å². The highest BCUT2D eigenvalue weighted by molar-refractivity contribution is 7.81. The van der Waals surface area contributed by atoms with Gasteiger partial charge in [0.2, 0.25) is 17.7 Å². The van der Waals surface area contributed by atoms with Crippen LogP contribution in [0.5, 0.6) is 5.75 Å². The van der Waals surface area contributed by atoms with Gasteiger partial charge in [0.1, 0.15) is 30.0 Å². The van der Waals surface area contributed by atoms with Gasteiger partial charge in [0, 0.05) is 25.4 Å². The third-order valence-corrected chi connectivity index (χ3v) is 13.3. The first-order valence-corrected chi connectivity index (χ1v) is 24.2. The number of thiocarbonyl (C=S) groups is 1. The summed E-state index contributed by atoms with van der Waals surface area (Å²) in [5.41, 5.74) is 1.71. The van der Waals surface area contributed by atoms with Gasteiger partial charge in [-0.3, -0.25) is 24.1 Å². The summed E-state index contributed by atoms with van der Waals surface area (Å²) in [4.78, 5) is 63.4. The van der Waals surface area contributed by atoms with Crippen LogP contribution in [0, 0.1) is 23.7 Å². The Morgan fingerprint density at radius 2 is 1.66 bits per heavy atom. The van der Waals surface area contributed by atoms with Crippen LogP contribution in [-0.4, -0.2) is 95.8 Å². The van der Waals surface area contributed by atoms with Gasteiger partial charge in [-0.25, -0.2) is 4.98 Å². The number of halogens is 3. The molecule has 0 saturated carbocycles. The first-order valence-electron chi connectivity index (χ1n) is 22.9. The van der Waals surface area contributed by atoms with E-state index >= 15 is 0 Å². The second-order valence-electron chi connectivity index (χ2n) is 18.5. The van der Waals surface area contributed by atoms with Crippen LogP contribution in [0.4, 0.5) is 24.5 Å². The SMILES string of the molecule is Cc1ncsc1-c1ccc(CNC(=O)[C@@H]2CCCN2C(=O)C(NC(=O)COC/C=C\COCCCCOc2ccc(N3C(=S)N(c4ccc(C#N)c(C(F)(F)F)c4)C(=O)C3(C)C)cc2)C(C)(C)C)cc1. The highest BCUT2D eigenvalue weighted by Crippen LogP contribution is 2.40. The zero-order valence-electron chi connectivity index (χ0n) is 40.1. The van der Waals surface area contributed by atoms with Crippen molar-refractivity contribution >= 4 is 63.7 Å². The minimum atomic E-state index is -4.80. The minimum absolute atomic E-state index is 0.0000592. The fraction of sp³-hybridized carbons (Fsp3) is 0.431. The Hall–Kier alpha value is -6.20. The van der Waals surface area contributed by atoms with Gasteiger partial charge in [-0.2, -0.15) is 18.4 Å². The van der Waals surface area contributed by atoms with Gasteiger partial charge >= 0.3 is 6.18 Å². The van der Waals surface area contributed by atoms with Gasteiger partial charge in [-0.1, -0.05) is 57.2 Å². The molecule has 6 rings (SSSR count). The van der Waals surface area contributed by atoms with E-state index in [1.165, 1.54) is 6.07 Å². The van der Waals surface area contributed by atoms with Crippen molar-refractivity contribution in [2.45, 2.75) is 97.6 Å². The van der Waals surface area contributed by atoms with Gasteiger partial charge in [-0.05, 0) is 118 Å². The Labute approximate surface area is 415 Å². The predicted octanol–water partition coefficient (Wildman–Crippen LogP) is 8.51. The number of aryl methyl sites for hydroxylation is 1. The maximum absolute atomic E-state index is 13.9. The number of nitrogens with one attached hydrogen (secondary N) is 2. The number of thiazole rings is 1. The molecule has 2 atom stereocenters. The van der Waals surface area contributed by atoms with Crippen LogP contribution in [0.15, 0.2) is 84.4 Å². The van der Waals surface area contributed by atoms with Crippen molar-refractivity contribution in [2.75, 3.05) is 49.4 Å². The van der Waals surface area contributed by atoms with Crippen LogP contribution in [0.2, 0.25) is 0 Å². The lowest BCUT2D eigenvalue weighted by Crippen LogP contribution is -2.58. The number of rotatable bonds is 20. The van der Waals surface area contributed by atoms with Crippen molar-refractivity contribution in [3.8, 4) is 22.3 Å². The lowest BCUT2D eigenvalue weighted by molar-refractivity contribution is -0.144. The monoisotopic (exact) mass is 1000 g/mol. The van der Waals surface area contributed by atoms with Crippen LogP contribution in [0.25, 0.3) is 10.4 Å². The molecular weight excluding hydrogens is 944 g/mol. The number of carbonyl (C=O) groups excluding carboxylic acids is 4. The molecule has 0 spiro atoms. The van der Waals surface area contributed by atoms with E-state index in [9.17, 15) is 37.6 Å². The Balaban J connectivity index is 0.858. The Morgan fingerprint density at radius 3 is 2.30 bits per heavy atom. The van der Waals surface area contributed by atoms with Gasteiger partial charge in [0.15, 0.2) is 5.11 Å². The molecule has 3 aromatic carbocycles. The molecule has 2 aliphatic rings. The molecule has 19 heteroatoms. The number of nitriles is 1. The van der Waals surface area contributed by atoms with Crippen LogP contribution >= 0.6 is 23.6 Å². The molecule has 14 nitrogen and oxygen atoms in total. The number of benzene rings is 3. The molecule has 2 aliphatic heterocycles. The zero-order chi connectivity index (χ0) is 50.8. The van der Waals surface area contributed by atoms with Crippen LogP contribution in [0.1, 0.15) is 82.7 Å². The summed E-state index contributed by atoms with van der Waals surface area (Å²) in [6.45, 7) is 12.7. The third kappa shape index (κ3) is 13.0. The first-order chi connectivity index (χ1) is 33.2. The Kier molecular flexibility index (Phi) is 17.6. The fourth-order valence-electron chi connectivity index (χ4n) is 8.13. The van der Waals surface area contributed by atoms with Crippen molar-refractivity contribution < 1.29 is 46.6 Å². The highest BCUT2D eigenvalue weighted by Gasteiger charge is 2.51. The minimum Gasteiger partial charge on any atom is -0.494 e. The summed E-state index contributed by atoms with van der Waals surface area (Å²) >= 11 is 7.20. The fourth-order valence-corrected chi connectivity index (χ4v) is 9.47. The number of alkyl halides is 3. The average molecular weight is 1000 g/mol. The number of anilines is 2. The predicted molar refractivity (Wildman–Crippen MR) is 265 cm³/mol. The highest BCUT2D eigenvalue weighted by atomic mass is 32.1. The number of hydrogen-bond acceptors (Lipinski definition) is 11. The van der Waals surface area contributed by atoms with E-state index in [4.69, 9.17) is 26.4 Å². The number of hydrogen-bond donors (Lipinski definition) is 2. The van der Waals surface area contributed by atoms with Crippen molar-refractivity contribution in [3.63, 3.8) is 0 Å². The lowest BCUT2D eigenvalue weighted by atomic mass is 9.85. The summed E-state index contributed by atoms with van der Waals surface area (Å²) in [6.07, 6.45) is 1.38. The van der Waals surface area contributed by atoms with E-state index in [2.05, 4.69) is 15.6 Å². The zero-order valence-corrected chi connectivity index (χ0v) is 41.7. The standard InChI is InChI=1S/C51H58F3N7O7S2/c1-33-43(70-32-57-33)35-15-13-34(14-16-35)30-56-45(63)41-12-11-23-59(41)46(64)44(49(2,3)4)58-42(62)31-67-26-8-7-24-66-25-9-10-27-68-39-21-19-37(20-22-39)61-48(69)60(47(65)50(61,5)6)38-18-17-36(29-55)40(28-38)51(52,53)54/h7-8,13-22,28,32,41,44H,9-12,23-27,30-31H2,1-6H3,(H,56,63)(H,58,62)/b8-7-/t41-,44?/m0/s1. The molecule has 0 radical (unpaired) electrons. The number of aromatic nitrogens is 1. The molecule has 4 amide bonds. The smallest absolute Gasteiger partial charge is 0.417 e. The second kappa shape index (κ2) is 23.1. The van der Waals surface area contributed by atoms with Crippen molar-refractivity contribution in [1.82, 2.24) is 20.5 Å². The molecule has 2 fully saturated rings. The molecule has 2 saturated heterocycles. The number of amides is 4. The first kappa shape index (κ1) is 53.2. The van der Waals surface area contributed by atoms with Crippen molar-refractivity contribution in [3.05, 3.63) is 107 Å². The molecule has 3 heterocycles. The summed E-state index contributed by atoms with van der Waals surface area (Å²) in [5, 5.41) is 15.0. The number of unbranched alkanes of at least 4 members (excludes halogenated alkanes) is 1. The normalized spacial score (nSPS) is 16.5. The molecule has 70 heavy (non-hydrogen) atoms. The van der Waals surface area contributed by atoms with Crippen LogP contribution < -0.4 is 25.2 Å². The summed E-state index contributed by atoms with van der Waals surface area (Å²) < 4.78 is 58.2. The second-order valence-corrected chi connectivity index (χ2v) is 19.7. The molecule has 0 aliphatic carbocycles. The maximum atomic E-state index is 13.9. The van der Waals surface area contributed by atoms with E-state index in [1.54, 1.807) is 77.5 Å². The largest absolute Gasteiger partial charge is 0.494 e. The molecule has 4 aromatic rings. The summed E-state index contributed by atoms with van der Waals surface area (Å²) in [6, 6.07) is 18.0. The molecule has 372 valence electrons. The molecule has 1 unspecified atom stereocenters. The van der Waals surface area contributed by atoms with Crippen molar-refractivity contribution in [1.29, 1.82) is 5.26 Å². The molecule has 2 N–H and O–H groups in total. The topological polar surface area (TPSA) is 166 Å². The van der Waals surface area contributed by atoms with Gasteiger partial charge in [0.25, 0.3) is 5.91 Å². The van der Waals surface area contributed by atoms with E-state index in [0.717, 1.165) is 45.2 Å². The number of likely N-dealkylation sites (tertiary alicyclic amines) is 1. The van der Waals surface area contributed by atoms with Crippen molar-refractivity contribution in [2.24, 2.45) is 5.41 Å². The van der Waals surface area contributed by atoms with E-state index in [0.29, 0.717) is 63.6 Å². The molecular formula is C51H58F3N7O7S2. The van der Waals surface area contributed by atoms with E-state index < -0.39 is 52.2 Å². The summed E-state index contributed by atoms with van der Waals surface area (Å²) in [7, 11) is 0. The third-order valence-electron chi connectivity index (χ3n) is 11.9.